The van der Waals surface area contributed by atoms with Crippen molar-refractivity contribution >= 4 is 22.9 Å². The maximum atomic E-state index is 12.7. The summed E-state index contributed by atoms with van der Waals surface area (Å²) in [4.78, 5) is 24.7. The number of fused-ring (bicyclic) bond motifs is 1. The lowest BCUT2D eigenvalue weighted by Gasteiger charge is -2.12. The van der Waals surface area contributed by atoms with E-state index in [0.717, 1.165) is 10.9 Å². The second kappa shape index (κ2) is 8.46. The van der Waals surface area contributed by atoms with Crippen LogP contribution in [0.15, 0.2) is 52.4 Å². The molecule has 10 heteroatoms. The smallest absolute Gasteiger partial charge is 0.387 e. The lowest BCUT2D eigenvalue weighted by molar-refractivity contribution is -0.0513. The van der Waals surface area contributed by atoms with Crippen molar-refractivity contribution in [1.29, 1.82) is 0 Å². The number of hydrogen-bond donors (Lipinski definition) is 1. The summed E-state index contributed by atoms with van der Waals surface area (Å²) in [5, 5.41) is 8.47. The van der Waals surface area contributed by atoms with Gasteiger partial charge in [-0.25, -0.2) is 10.1 Å². The number of alkyl halides is 2. The summed E-state index contributed by atoms with van der Waals surface area (Å²) in [7, 11) is 2.74. The number of hydrazone groups is 1. The first-order chi connectivity index (χ1) is 13.9. The van der Waals surface area contributed by atoms with Crippen molar-refractivity contribution in [3.05, 3.63) is 64.1 Å². The van der Waals surface area contributed by atoms with Gasteiger partial charge < -0.3 is 9.47 Å². The zero-order chi connectivity index (χ0) is 21.0. The SMILES string of the molecule is COc1cccc(/C=N\NC(=O)c2nn(C)c(=O)c3ccccc23)c1OC(F)F. The standard InChI is InChI=1S/C19H16F2N4O4/c1-25-18(27)13-8-4-3-7-12(13)15(24-25)17(26)23-22-10-11-6-5-9-14(28-2)16(11)29-19(20)21/h3-10,19H,1-2H3,(H,23,26)/b22-10-. The van der Waals surface area contributed by atoms with Gasteiger partial charge in [0.15, 0.2) is 17.2 Å². The van der Waals surface area contributed by atoms with Crippen LogP contribution in [-0.2, 0) is 7.05 Å². The Morgan fingerprint density at radius 1 is 1.21 bits per heavy atom. The zero-order valence-corrected chi connectivity index (χ0v) is 15.4. The number of ether oxygens (including phenoxy) is 2. The van der Waals surface area contributed by atoms with Crippen molar-refractivity contribution in [3.8, 4) is 11.5 Å². The number of aromatic nitrogens is 2. The third kappa shape index (κ3) is 4.21. The van der Waals surface area contributed by atoms with Crippen LogP contribution < -0.4 is 20.5 Å². The summed E-state index contributed by atoms with van der Waals surface area (Å²) in [5.41, 5.74) is 2.10. The van der Waals surface area contributed by atoms with Crippen molar-refractivity contribution in [2.45, 2.75) is 6.61 Å². The minimum absolute atomic E-state index is 0.00505. The largest absolute Gasteiger partial charge is 0.493 e. The number of nitrogens with one attached hydrogen (secondary N) is 1. The maximum absolute atomic E-state index is 12.7. The Morgan fingerprint density at radius 2 is 1.93 bits per heavy atom. The van der Waals surface area contributed by atoms with Gasteiger partial charge in [0.25, 0.3) is 11.5 Å². The van der Waals surface area contributed by atoms with Gasteiger partial charge in [0, 0.05) is 18.0 Å². The highest BCUT2D eigenvalue weighted by molar-refractivity contribution is 6.05. The molecule has 0 bridgehead atoms. The van der Waals surface area contributed by atoms with Crippen molar-refractivity contribution < 1.29 is 23.0 Å². The summed E-state index contributed by atoms with van der Waals surface area (Å²) in [6, 6.07) is 11.0. The summed E-state index contributed by atoms with van der Waals surface area (Å²) >= 11 is 0. The molecule has 0 aliphatic rings. The van der Waals surface area contributed by atoms with Gasteiger partial charge in [0.2, 0.25) is 0 Å². The van der Waals surface area contributed by atoms with E-state index >= 15 is 0 Å². The van der Waals surface area contributed by atoms with Gasteiger partial charge in [-0.2, -0.15) is 19.0 Å². The molecule has 0 atom stereocenters. The highest BCUT2D eigenvalue weighted by Gasteiger charge is 2.16. The molecule has 0 aliphatic carbocycles. The Hall–Kier alpha value is -3.82. The zero-order valence-electron chi connectivity index (χ0n) is 15.4. The Kier molecular flexibility index (Phi) is 5.82. The molecule has 0 fully saturated rings. The van der Waals surface area contributed by atoms with Gasteiger partial charge in [0.05, 0.1) is 18.7 Å². The number of halogens is 2. The number of amides is 1. The Morgan fingerprint density at radius 3 is 2.62 bits per heavy atom. The quantitative estimate of drug-likeness (QED) is 0.504. The second-order valence-corrected chi connectivity index (χ2v) is 5.78. The van der Waals surface area contributed by atoms with Gasteiger partial charge in [-0.1, -0.05) is 24.3 Å². The van der Waals surface area contributed by atoms with E-state index in [-0.39, 0.29) is 28.3 Å². The Balaban J connectivity index is 1.89. The van der Waals surface area contributed by atoms with E-state index in [0.29, 0.717) is 10.8 Å². The lowest BCUT2D eigenvalue weighted by atomic mass is 10.1. The van der Waals surface area contributed by atoms with Crippen LogP contribution >= 0.6 is 0 Å². The molecule has 3 rings (SSSR count). The summed E-state index contributed by atoms with van der Waals surface area (Å²) in [6.07, 6.45) is 1.14. The predicted octanol–water partition coefficient (Wildman–Crippen LogP) is 2.31. The lowest BCUT2D eigenvalue weighted by Crippen LogP contribution is -2.27. The van der Waals surface area contributed by atoms with E-state index in [9.17, 15) is 18.4 Å². The minimum Gasteiger partial charge on any atom is -0.493 e. The van der Waals surface area contributed by atoms with Crippen LogP contribution in [0.1, 0.15) is 16.1 Å². The first-order valence-corrected chi connectivity index (χ1v) is 8.33. The third-order valence-corrected chi connectivity index (χ3v) is 3.98. The van der Waals surface area contributed by atoms with Crippen molar-refractivity contribution in [2.24, 2.45) is 12.1 Å². The highest BCUT2D eigenvalue weighted by Crippen LogP contribution is 2.31. The summed E-state index contributed by atoms with van der Waals surface area (Å²) in [6.45, 7) is -3.06. The van der Waals surface area contributed by atoms with E-state index in [1.54, 1.807) is 30.3 Å². The van der Waals surface area contributed by atoms with E-state index < -0.39 is 12.5 Å². The van der Waals surface area contributed by atoms with Crippen molar-refractivity contribution in [3.63, 3.8) is 0 Å². The van der Waals surface area contributed by atoms with Gasteiger partial charge >= 0.3 is 6.61 Å². The fourth-order valence-corrected chi connectivity index (χ4v) is 2.69. The number of hydrogen-bond acceptors (Lipinski definition) is 6. The van der Waals surface area contributed by atoms with E-state index in [1.165, 1.54) is 26.3 Å². The number of benzene rings is 2. The Bertz CT molecular complexity index is 1140. The molecule has 1 aromatic heterocycles. The third-order valence-electron chi connectivity index (χ3n) is 3.98. The summed E-state index contributed by atoms with van der Waals surface area (Å²) in [5.74, 6) is -0.799. The van der Waals surface area contributed by atoms with Crippen LogP contribution in [0.4, 0.5) is 8.78 Å². The topological polar surface area (TPSA) is 94.8 Å². The van der Waals surface area contributed by atoms with Crippen LogP contribution in [-0.4, -0.2) is 35.6 Å². The molecule has 0 saturated carbocycles. The number of nitrogens with zero attached hydrogens (tertiary/aromatic N) is 3. The van der Waals surface area contributed by atoms with Crippen LogP contribution in [0.2, 0.25) is 0 Å². The molecular weight excluding hydrogens is 386 g/mol. The minimum atomic E-state index is -3.06. The van der Waals surface area contributed by atoms with Crippen molar-refractivity contribution in [1.82, 2.24) is 15.2 Å². The fourth-order valence-electron chi connectivity index (χ4n) is 2.69. The molecule has 0 spiro atoms. The normalized spacial score (nSPS) is 11.2. The molecule has 0 aliphatic heterocycles. The summed E-state index contributed by atoms with van der Waals surface area (Å²) < 4.78 is 35.9. The maximum Gasteiger partial charge on any atom is 0.387 e. The molecule has 1 N–H and O–H groups in total. The average molecular weight is 402 g/mol. The van der Waals surface area contributed by atoms with Gasteiger partial charge in [-0.15, -0.1) is 0 Å². The van der Waals surface area contributed by atoms with Gasteiger partial charge in [-0.05, 0) is 18.2 Å². The molecule has 2 aromatic carbocycles. The molecule has 0 saturated heterocycles. The number of para-hydroxylation sites is 1. The highest BCUT2D eigenvalue weighted by atomic mass is 19.3. The number of carbonyl (C=O) groups is 1. The number of methoxy groups -OCH3 is 1. The molecule has 29 heavy (non-hydrogen) atoms. The average Bonchev–Trinajstić information content (AvgIpc) is 2.71. The molecule has 150 valence electrons. The van der Waals surface area contributed by atoms with Crippen molar-refractivity contribution in [2.75, 3.05) is 7.11 Å². The van der Waals surface area contributed by atoms with E-state index in [4.69, 9.17) is 4.74 Å². The molecule has 0 radical (unpaired) electrons. The molecular formula is C19H16F2N4O4. The molecule has 8 nitrogen and oxygen atoms in total. The first-order valence-electron chi connectivity index (χ1n) is 8.33. The predicted molar refractivity (Wildman–Crippen MR) is 102 cm³/mol. The first kappa shape index (κ1) is 19.9. The van der Waals surface area contributed by atoms with Crippen LogP contribution in [0, 0.1) is 0 Å². The van der Waals surface area contributed by atoms with E-state index in [1.807, 2.05) is 0 Å². The fraction of sp³-hybridized carbons (Fsp3) is 0.158. The van der Waals surface area contributed by atoms with Crippen LogP contribution in [0.5, 0.6) is 11.5 Å². The van der Waals surface area contributed by atoms with Crippen LogP contribution in [0.3, 0.4) is 0 Å². The number of carbonyl (C=O) groups excluding carboxylic acids is 1. The number of aryl methyl sites for hydroxylation is 1. The molecule has 3 aromatic rings. The molecule has 1 amide bonds. The molecule has 1 heterocycles. The van der Waals surface area contributed by atoms with Gasteiger partial charge in [0.1, 0.15) is 0 Å². The number of rotatable bonds is 6. The second-order valence-electron chi connectivity index (χ2n) is 5.78. The Labute approximate surface area is 163 Å². The monoisotopic (exact) mass is 402 g/mol. The van der Waals surface area contributed by atoms with Gasteiger partial charge in [-0.3, -0.25) is 9.59 Å². The molecule has 0 unspecified atom stereocenters. The van der Waals surface area contributed by atoms with E-state index in [2.05, 4.69) is 20.4 Å². The van der Waals surface area contributed by atoms with Crippen LogP contribution in [0.25, 0.3) is 10.8 Å².